The molecule has 1 aromatic heterocycles. The largest absolute Gasteiger partial charge is 0.433 e. The molecule has 1 saturated heterocycles. The standard InChI is InChI=1S/C19H30F3N3O4S/c1-5-14(3)11-23-17-15(7-8-16(24-17)19(20,21)22)30(26,27)25(4)12-18(29-6-2)9-10-28-13-18/h7-8,14H,5-6,9-13H2,1-4H3,(H,23,24)/t14-,18?/m0/s1. The summed E-state index contributed by atoms with van der Waals surface area (Å²) in [6.45, 7) is 7.08. The average molecular weight is 454 g/mol. The lowest BCUT2D eigenvalue weighted by Crippen LogP contribution is -2.46. The molecule has 2 heterocycles. The Morgan fingerprint density at radius 3 is 2.60 bits per heavy atom. The molecule has 0 amide bonds. The van der Waals surface area contributed by atoms with E-state index in [1.807, 2.05) is 20.8 Å². The number of nitrogens with zero attached hydrogens (tertiary/aromatic N) is 2. The number of anilines is 1. The normalized spacial score (nSPS) is 21.2. The maximum atomic E-state index is 13.2. The minimum Gasteiger partial charge on any atom is -0.378 e. The van der Waals surface area contributed by atoms with Crippen LogP contribution in [0.25, 0.3) is 0 Å². The van der Waals surface area contributed by atoms with Crippen LogP contribution in [-0.4, -0.2) is 63.3 Å². The fraction of sp³-hybridized carbons (Fsp3) is 0.737. The van der Waals surface area contributed by atoms with E-state index >= 15 is 0 Å². The molecule has 0 radical (unpaired) electrons. The van der Waals surface area contributed by atoms with Crippen LogP contribution in [0.2, 0.25) is 0 Å². The number of hydrogen-bond acceptors (Lipinski definition) is 6. The predicted molar refractivity (Wildman–Crippen MR) is 107 cm³/mol. The molecule has 1 unspecified atom stereocenters. The van der Waals surface area contributed by atoms with Gasteiger partial charge in [0.1, 0.15) is 22.0 Å². The molecule has 1 aliphatic heterocycles. The van der Waals surface area contributed by atoms with Gasteiger partial charge in [0, 0.05) is 39.8 Å². The second-order valence-electron chi connectivity index (χ2n) is 7.62. The smallest absolute Gasteiger partial charge is 0.378 e. The van der Waals surface area contributed by atoms with Gasteiger partial charge in [-0.25, -0.2) is 13.4 Å². The van der Waals surface area contributed by atoms with Crippen LogP contribution in [0.4, 0.5) is 19.0 Å². The third-order valence-corrected chi connectivity index (χ3v) is 7.02. The molecular weight excluding hydrogens is 423 g/mol. The molecule has 1 aliphatic rings. The highest BCUT2D eigenvalue weighted by Crippen LogP contribution is 2.33. The molecule has 7 nitrogen and oxygen atoms in total. The Morgan fingerprint density at radius 1 is 1.37 bits per heavy atom. The molecule has 1 fully saturated rings. The molecule has 2 rings (SSSR count). The minimum absolute atomic E-state index is 0.0228. The van der Waals surface area contributed by atoms with E-state index in [4.69, 9.17) is 9.47 Å². The highest BCUT2D eigenvalue weighted by atomic mass is 32.2. The van der Waals surface area contributed by atoms with E-state index in [1.165, 1.54) is 7.05 Å². The molecule has 0 aromatic carbocycles. The third-order valence-electron chi connectivity index (χ3n) is 5.18. The van der Waals surface area contributed by atoms with Crippen LogP contribution in [0.1, 0.15) is 39.3 Å². The highest BCUT2D eigenvalue weighted by Gasteiger charge is 2.41. The number of likely N-dealkylation sites (N-methyl/N-ethyl adjacent to an activating group) is 1. The van der Waals surface area contributed by atoms with Crippen LogP contribution < -0.4 is 5.32 Å². The number of rotatable bonds is 10. The molecule has 2 atom stereocenters. The number of aromatic nitrogens is 1. The fourth-order valence-corrected chi connectivity index (χ4v) is 4.54. The molecule has 1 aromatic rings. The Kier molecular flexibility index (Phi) is 8.11. The van der Waals surface area contributed by atoms with Crippen molar-refractivity contribution in [3.8, 4) is 0 Å². The molecule has 0 saturated carbocycles. The first-order chi connectivity index (χ1) is 13.9. The quantitative estimate of drug-likeness (QED) is 0.585. The Morgan fingerprint density at radius 2 is 2.07 bits per heavy atom. The van der Waals surface area contributed by atoms with Crippen molar-refractivity contribution in [2.24, 2.45) is 5.92 Å². The minimum atomic E-state index is -4.68. The van der Waals surface area contributed by atoms with Gasteiger partial charge in [0.2, 0.25) is 10.0 Å². The van der Waals surface area contributed by atoms with Crippen LogP contribution in [0.5, 0.6) is 0 Å². The van der Waals surface area contributed by atoms with Gasteiger partial charge in [-0.15, -0.1) is 0 Å². The second-order valence-corrected chi connectivity index (χ2v) is 9.63. The van der Waals surface area contributed by atoms with Gasteiger partial charge < -0.3 is 14.8 Å². The SMILES string of the molecule is CCOC1(CN(C)S(=O)(=O)c2ccc(C(F)(F)F)nc2NC[C@@H](C)CC)CCOC1. The summed E-state index contributed by atoms with van der Waals surface area (Å²) < 4.78 is 78.1. The van der Waals surface area contributed by atoms with E-state index in [0.29, 0.717) is 32.2 Å². The summed E-state index contributed by atoms with van der Waals surface area (Å²) in [5.74, 6) is -0.170. The summed E-state index contributed by atoms with van der Waals surface area (Å²) in [4.78, 5) is 3.29. The van der Waals surface area contributed by atoms with Crippen LogP contribution >= 0.6 is 0 Å². The van der Waals surface area contributed by atoms with Crippen molar-refractivity contribution in [1.29, 1.82) is 0 Å². The maximum absolute atomic E-state index is 13.2. The maximum Gasteiger partial charge on any atom is 0.433 e. The van der Waals surface area contributed by atoms with Crippen LogP contribution in [-0.2, 0) is 25.7 Å². The fourth-order valence-electron chi connectivity index (χ4n) is 3.19. The van der Waals surface area contributed by atoms with Crippen molar-refractivity contribution in [1.82, 2.24) is 9.29 Å². The van der Waals surface area contributed by atoms with E-state index in [0.717, 1.165) is 16.8 Å². The van der Waals surface area contributed by atoms with Gasteiger partial charge in [-0.05, 0) is 25.0 Å². The number of pyridine rings is 1. The molecule has 30 heavy (non-hydrogen) atoms. The molecule has 0 aliphatic carbocycles. The van der Waals surface area contributed by atoms with Gasteiger partial charge in [0.15, 0.2) is 0 Å². The van der Waals surface area contributed by atoms with Gasteiger partial charge in [-0.3, -0.25) is 0 Å². The molecular formula is C19H30F3N3O4S. The van der Waals surface area contributed by atoms with Gasteiger partial charge in [-0.1, -0.05) is 20.3 Å². The van der Waals surface area contributed by atoms with Gasteiger partial charge in [-0.2, -0.15) is 17.5 Å². The lowest BCUT2D eigenvalue weighted by Gasteiger charge is -2.32. The number of ether oxygens (including phenoxy) is 2. The van der Waals surface area contributed by atoms with Crippen LogP contribution in [0.3, 0.4) is 0 Å². The number of sulfonamides is 1. The topological polar surface area (TPSA) is 80.8 Å². The van der Waals surface area contributed by atoms with Crippen molar-refractivity contribution in [3.05, 3.63) is 17.8 Å². The number of hydrogen-bond donors (Lipinski definition) is 1. The van der Waals surface area contributed by atoms with Gasteiger partial charge in [0.25, 0.3) is 0 Å². The van der Waals surface area contributed by atoms with Crippen molar-refractivity contribution >= 4 is 15.8 Å². The first-order valence-electron chi connectivity index (χ1n) is 9.95. The van der Waals surface area contributed by atoms with E-state index in [9.17, 15) is 21.6 Å². The van der Waals surface area contributed by atoms with E-state index in [-0.39, 0.29) is 29.8 Å². The summed E-state index contributed by atoms with van der Waals surface area (Å²) >= 11 is 0. The van der Waals surface area contributed by atoms with E-state index < -0.39 is 27.5 Å². The second kappa shape index (κ2) is 9.80. The molecule has 11 heteroatoms. The zero-order valence-corrected chi connectivity index (χ0v) is 18.6. The summed E-state index contributed by atoms with van der Waals surface area (Å²) in [6, 6.07) is 1.64. The number of halogens is 3. The summed E-state index contributed by atoms with van der Waals surface area (Å²) in [5, 5.41) is 2.79. The molecule has 0 spiro atoms. The van der Waals surface area contributed by atoms with Crippen molar-refractivity contribution < 1.29 is 31.1 Å². The molecule has 172 valence electrons. The third kappa shape index (κ3) is 5.83. The number of alkyl halides is 3. The number of nitrogens with one attached hydrogen (secondary N) is 1. The van der Waals surface area contributed by atoms with E-state index in [2.05, 4.69) is 10.3 Å². The van der Waals surface area contributed by atoms with Crippen molar-refractivity contribution in [2.45, 2.75) is 50.3 Å². The van der Waals surface area contributed by atoms with Crippen molar-refractivity contribution in [2.75, 3.05) is 45.3 Å². The van der Waals surface area contributed by atoms with Crippen LogP contribution in [0, 0.1) is 5.92 Å². The lowest BCUT2D eigenvalue weighted by atomic mass is 10.0. The zero-order chi connectivity index (χ0) is 22.6. The Labute approximate surface area is 176 Å². The van der Waals surface area contributed by atoms with Crippen molar-refractivity contribution in [3.63, 3.8) is 0 Å². The Balaban J connectivity index is 2.38. The average Bonchev–Trinajstić information content (AvgIpc) is 3.13. The first-order valence-corrected chi connectivity index (χ1v) is 11.4. The summed E-state index contributed by atoms with van der Waals surface area (Å²) in [6.07, 6.45) is -3.36. The Bertz CT molecular complexity index is 812. The molecule has 1 N–H and O–H groups in total. The highest BCUT2D eigenvalue weighted by molar-refractivity contribution is 7.89. The summed E-state index contributed by atoms with van der Waals surface area (Å²) in [7, 11) is -2.75. The predicted octanol–water partition coefficient (Wildman–Crippen LogP) is 3.37. The lowest BCUT2D eigenvalue weighted by molar-refractivity contribution is -0.141. The van der Waals surface area contributed by atoms with Gasteiger partial charge in [0.05, 0.1) is 6.61 Å². The van der Waals surface area contributed by atoms with E-state index in [1.54, 1.807) is 0 Å². The summed E-state index contributed by atoms with van der Waals surface area (Å²) in [5.41, 5.74) is -1.93. The Hall–Kier alpha value is -1.43. The van der Waals surface area contributed by atoms with Gasteiger partial charge >= 0.3 is 6.18 Å². The van der Waals surface area contributed by atoms with Crippen LogP contribution in [0.15, 0.2) is 17.0 Å². The zero-order valence-electron chi connectivity index (χ0n) is 17.8. The molecule has 0 bridgehead atoms. The monoisotopic (exact) mass is 453 g/mol. The first kappa shape index (κ1) is 24.8.